The fourth-order valence-corrected chi connectivity index (χ4v) is 2.10. The van der Waals surface area contributed by atoms with Crippen molar-refractivity contribution in [2.75, 3.05) is 20.6 Å². The summed E-state index contributed by atoms with van der Waals surface area (Å²) in [6, 6.07) is 2.66. The van der Waals surface area contributed by atoms with Crippen molar-refractivity contribution in [1.29, 1.82) is 0 Å². The lowest BCUT2D eigenvalue weighted by Gasteiger charge is -2.11. The van der Waals surface area contributed by atoms with Gasteiger partial charge in [-0.1, -0.05) is 11.6 Å². The highest BCUT2D eigenvalue weighted by Crippen LogP contribution is 2.20. The lowest BCUT2D eigenvalue weighted by atomic mass is 10.1. The van der Waals surface area contributed by atoms with Crippen LogP contribution in [0.15, 0.2) is 24.4 Å². The van der Waals surface area contributed by atoms with Crippen LogP contribution in [0.3, 0.4) is 0 Å². The van der Waals surface area contributed by atoms with Crippen molar-refractivity contribution >= 4 is 17.4 Å². The molecule has 0 aliphatic heterocycles. The lowest BCUT2D eigenvalue weighted by molar-refractivity contribution is 0.102. The lowest BCUT2D eigenvalue weighted by Crippen LogP contribution is -2.21. The molecule has 0 aliphatic carbocycles. The molecular formula is C14H14ClF2N3O. The highest BCUT2D eigenvalue weighted by Gasteiger charge is 2.20. The first-order chi connectivity index (χ1) is 9.88. The Kier molecular flexibility index (Phi) is 4.69. The molecule has 0 bridgehead atoms. The van der Waals surface area contributed by atoms with Gasteiger partial charge in [-0.2, -0.15) is 5.10 Å². The minimum Gasteiger partial charge on any atom is -0.308 e. The van der Waals surface area contributed by atoms with Crippen LogP contribution in [0, 0.1) is 11.6 Å². The molecule has 0 atom stereocenters. The van der Waals surface area contributed by atoms with Crippen molar-refractivity contribution in [2.24, 2.45) is 0 Å². The Bertz CT molecular complexity index is 650. The Morgan fingerprint density at radius 3 is 2.48 bits per heavy atom. The molecule has 0 N–H and O–H groups in total. The maximum absolute atomic E-state index is 13.2. The normalized spacial score (nSPS) is 11.1. The summed E-state index contributed by atoms with van der Waals surface area (Å²) in [6.07, 6.45) is 1.35. The van der Waals surface area contributed by atoms with E-state index in [1.54, 1.807) is 0 Å². The van der Waals surface area contributed by atoms with Gasteiger partial charge < -0.3 is 4.90 Å². The van der Waals surface area contributed by atoms with Crippen molar-refractivity contribution < 1.29 is 13.6 Å². The smallest absolute Gasteiger partial charge is 0.212 e. The van der Waals surface area contributed by atoms with E-state index in [1.807, 2.05) is 19.0 Å². The molecule has 0 spiro atoms. The van der Waals surface area contributed by atoms with Gasteiger partial charge in [-0.15, -0.1) is 0 Å². The molecule has 1 heterocycles. The van der Waals surface area contributed by atoms with Crippen molar-refractivity contribution in [3.8, 4) is 0 Å². The number of aromatic nitrogens is 2. The molecule has 4 nitrogen and oxygen atoms in total. The summed E-state index contributed by atoms with van der Waals surface area (Å²) >= 11 is 5.98. The van der Waals surface area contributed by atoms with Gasteiger partial charge >= 0.3 is 0 Å². The summed E-state index contributed by atoms with van der Waals surface area (Å²) in [5.74, 6) is -2.18. The molecule has 2 rings (SSSR count). The molecule has 21 heavy (non-hydrogen) atoms. The van der Waals surface area contributed by atoms with Gasteiger partial charge in [0, 0.05) is 18.2 Å². The monoisotopic (exact) mass is 313 g/mol. The number of ketones is 1. The second-order valence-corrected chi connectivity index (χ2v) is 5.26. The highest BCUT2D eigenvalue weighted by molar-refractivity contribution is 6.34. The van der Waals surface area contributed by atoms with Crippen LogP contribution >= 0.6 is 11.6 Å². The van der Waals surface area contributed by atoms with Gasteiger partial charge in [0.1, 0.15) is 17.3 Å². The van der Waals surface area contributed by atoms with Crippen molar-refractivity contribution in [3.63, 3.8) is 0 Å². The summed E-state index contributed by atoms with van der Waals surface area (Å²) in [5, 5.41) is 4.18. The second-order valence-electron chi connectivity index (χ2n) is 4.85. The average Bonchev–Trinajstić information content (AvgIpc) is 2.75. The Labute approximate surface area is 125 Å². The van der Waals surface area contributed by atoms with Crippen LogP contribution in [-0.4, -0.2) is 41.1 Å². The summed E-state index contributed by atoms with van der Waals surface area (Å²) in [7, 11) is 3.77. The molecule has 1 aromatic carbocycles. The third kappa shape index (κ3) is 3.65. The molecular weight excluding hydrogens is 300 g/mol. The topological polar surface area (TPSA) is 38.1 Å². The van der Waals surface area contributed by atoms with Crippen LogP contribution in [0.1, 0.15) is 16.1 Å². The van der Waals surface area contributed by atoms with Gasteiger partial charge in [-0.25, -0.2) is 8.78 Å². The van der Waals surface area contributed by atoms with Gasteiger partial charge in [0.15, 0.2) is 0 Å². The Hall–Kier alpha value is -1.79. The van der Waals surface area contributed by atoms with Crippen LogP contribution in [-0.2, 0) is 6.54 Å². The van der Waals surface area contributed by atoms with Gasteiger partial charge in [-0.3, -0.25) is 9.48 Å². The summed E-state index contributed by atoms with van der Waals surface area (Å²) in [4.78, 5) is 14.3. The number of rotatable bonds is 5. The summed E-state index contributed by atoms with van der Waals surface area (Å²) in [5.41, 5.74) is 0.0320. The van der Waals surface area contributed by atoms with E-state index in [4.69, 9.17) is 11.6 Å². The third-order valence-electron chi connectivity index (χ3n) is 2.89. The molecule has 0 fully saturated rings. The predicted molar refractivity (Wildman–Crippen MR) is 75.6 cm³/mol. The van der Waals surface area contributed by atoms with Crippen molar-refractivity contribution in [3.05, 3.63) is 52.3 Å². The number of hydrogen-bond acceptors (Lipinski definition) is 3. The third-order valence-corrected chi connectivity index (χ3v) is 3.17. The number of halogens is 3. The minimum atomic E-state index is -0.811. The van der Waals surface area contributed by atoms with Crippen LogP contribution < -0.4 is 0 Å². The van der Waals surface area contributed by atoms with Crippen LogP contribution in [0.25, 0.3) is 0 Å². The standard InChI is InChI=1S/C14H14ClF2N3O/c1-19(2)3-4-20-13(12(15)8-18-20)14(21)9-5-10(16)7-11(17)6-9/h5-8H,3-4H2,1-2H3. The SMILES string of the molecule is CN(C)CCn1ncc(Cl)c1C(=O)c1cc(F)cc(F)c1. The molecule has 0 saturated carbocycles. The first kappa shape index (κ1) is 15.6. The zero-order valence-electron chi connectivity index (χ0n) is 11.6. The molecule has 7 heteroatoms. The Morgan fingerprint density at radius 1 is 1.29 bits per heavy atom. The fraction of sp³-hybridized carbons (Fsp3) is 0.286. The fourth-order valence-electron chi connectivity index (χ4n) is 1.87. The molecule has 0 aliphatic rings. The van der Waals surface area contributed by atoms with E-state index in [9.17, 15) is 13.6 Å². The van der Waals surface area contributed by atoms with Crippen molar-refractivity contribution in [1.82, 2.24) is 14.7 Å². The highest BCUT2D eigenvalue weighted by atomic mass is 35.5. The largest absolute Gasteiger partial charge is 0.308 e. The molecule has 1 aromatic heterocycles. The molecule has 2 aromatic rings. The van der Waals surface area contributed by atoms with Gasteiger partial charge in [0.2, 0.25) is 5.78 Å². The van der Waals surface area contributed by atoms with E-state index < -0.39 is 17.4 Å². The van der Waals surface area contributed by atoms with E-state index in [0.29, 0.717) is 19.2 Å². The maximum Gasteiger partial charge on any atom is 0.212 e. The number of benzene rings is 1. The number of hydrogen-bond donors (Lipinski definition) is 0. The van der Waals surface area contributed by atoms with Gasteiger partial charge in [-0.05, 0) is 26.2 Å². The van der Waals surface area contributed by atoms with Crippen molar-refractivity contribution in [2.45, 2.75) is 6.54 Å². The quantitative estimate of drug-likeness (QED) is 0.796. The van der Waals surface area contributed by atoms with E-state index >= 15 is 0 Å². The molecule has 0 radical (unpaired) electrons. The van der Waals surface area contributed by atoms with Crippen LogP contribution in [0.5, 0.6) is 0 Å². The minimum absolute atomic E-state index is 0.0963. The zero-order valence-corrected chi connectivity index (χ0v) is 12.4. The number of carbonyl (C=O) groups is 1. The van der Waals surface area contributed by atoms with E-state index in [1.165, 1.54) is 10.9 Å². The van der Waals surface area contributed by atoms with Crippen LogP contribution in [0.4, 0.5) is 8.78 Å². The maximum atomic E-state index is 13.2. The second kappa shape index (κ2) is 6.32. The summed E-state index contributed by atoms with van der Waals surface area (Å²) < 4.78 is 27.9. The zero-order chi connectivity index (χ0) is 15.6. The molecule has 0 unspecified atom stereocenters. The van der Waals surface area contributed by atoms with E-state index in [0.717, 1.165) is 12.1 Å². The number of carbonyl (C=O) groups excluding carboxylic acids is 1. The number of likely N-dealkylation sites (N-methyl/N-ethyl adjacent to an activating group) is 1. The van der Waals surface area contributed by atoms with Gasteiger partial charge in [0.25, 0.3) is 0 Å². The first-order valence-electron chi connectivity index (χ1n) is 6.25. The van der Waals surface area contributed by atoms with E-state index in [2.05, 4.69) is 5.10 Å². The van der Waals surface area contributed by atoms with Crippen LogP contribution in [0.2, 0.25) is 5.02 Å². The molecule has 0 saturated heterocycles. The molecule has 0 amide bonds. The summed E-state index contributed by atoms with van der Waals surface area (Å²) in [6.45, 7) is 1.09. The predicted octanol–water partition coefficient (Wildman–Crippen LogP) is 2.61. The van der Waals surface area contributed by atoms with Gasteiger partial charge in [0.05, 0.1) is 17.8 Å². The first-order valence-corrected chi connectivity index (χ1v) is 6.63. The number of nitrogens with zero attached hydrogens (tertiary/aromatic N) is 3. The Balaban J connectivity index is 2.36. The molecule has 112 valence electrons. The Morgan fingerprint density at radius 2 is 1.90 bits per heavy atom. The van der Waals surface area contributed by atoms with E-state index in [-0.39, 0.29) is 16.3 Å². The average molecular weight is 314 g/mol.